The number of amides is 2. The lowest BCUT2D eigenvalue weighted by Gasteiger charge is -2.11. The lowest BCUT2D eigenvalue weighted by Crippen LogP contribution is -2.14. The zero-order valence-electron chi connectivity index (χ0n) is 18.4. The Balaban J connectivity index is 1.40. The van der Waals surface area contributed by atoms with Crippen molar-refractivity contribution in [2.75, 3.05) is 16.4 Å². The molecule has 0 saturated heterocycles. The number of carboxylic acid groups (broad SMARTS) is 1. The van der Waals surface area contributed by atoms with E-state index in [1.54, 1.807) is 42.5 Å². The summed E-state index contributed by atoms with van der Waals surface area (Å²) < 4.78 is 0. The number of hydrogen-bond donors (Lipinski definition) is 3. The van der Waals surface area contributed by atoms with Crippen molar-refractivity contribution in [1.82, 2.24) is 0 Å². The average Bonchev–Trinajstić information content (AvgIpc) is 2.84. The van der Waals surface area contributed by atoms with Crippen LogP contribution in [-0.4, -0.2) is 28.6 Å². The number of anilines is 2. The minimum absolute atomic E-state index is 0.0823. The second-order valence-corrected chi connectivity index (χ2v) is 8.74. The van der Waals surface area contributed by atoms with E-state index in [1.807, 2.05) is 43.3 Å². The second kappa shape index (κ2) is 10.2. The molecule has 0 heterocycles. The van der Waals surface area contributed by atoms with Gasteiger partial charge in [-0.2, -0.15) is 0 Å². The molecule has 2 amide bonds. The normalized spacial score (nSPS) is 10.6. The van der Waals surface area contributed by atoms with E-state index in [9.17, 15) is 19.5 Å². The van der Waals surface area contributed by atoms with Gasteiger partial charge in [-0.1, -0.05) is 42.0 Å². The molecule has 34 heavy (non-hydrogen) atoms. The SMILES string of the molecule is Cc1ccc(NC(=O)CSc2ccc(NC(=O)c3cccc4cccc(C(=O)O)c34)cc2)cc1. The summed E-state index contributed by atoms with van der Waals surface area (Å²) in [6.07, 6.45) is 0. The van der Waals surface area contributed by atoms with Crippen LogP contribution in [0.5, 0.6) is 0 Å². The second-order valence-electron chi connectivity index (χ2n) is 7.70. The number of carbonyl (C=O) groups is 3. The van der Waals surface area contributed by atoms with E-state index >= 15 is 0 Å². The zero-order valence-corrected chi connectivity index (χ0v) is 19.2. The molecule has 0 bridgehead atoms. The lowest BCUT2D eigenvalue weighted by atomic mass is 9.98. The van der Waals surface area contributed by atoms with Crippen molar-refractivity contribution in [3.8, 4) is 0 Å². The maximum absolute atomic E-state index is 12.9. The van der Waals surface area contributed by atoms with Crippen LogP contribution in [0.3, 0.4) is 0 Å². The number of hydrogen-bond acceptors (Lipinski definition) is 4. The Morgan fingerprint density at radius 3 is 2.00 bits per heavy atom. The fourth-order valence-electron chi connectivity index (χ4n) is 3.52. The largest absolute Gasteiger partial charge is 0.478 e. The summed E-state index contributed by atoms with van der Waals surface area (Å²) in [7, 11) is 0. The first-order valence-corrected chi connectivity index (χ1v) is 11.5. The van der Waals surface area contributed by atoms with Crippen LogP contribution < -0.4 is 10.6 Å². The average molecular weight is 471 g/mol. The molecule has 170 valence electrons. The molecule has 4 aromatic rings. The maximum Gasteiger partial charge on any atom is 0.336 e. The van der Waals surface area contributed by atoms with Gasteiger partial charge >= 0.3 is 5.97 Å². The van der Waals surface area contributed by atoms with Crippen molar-refractivity contribution in [3.63, 3.8) is 0 Å². The summed E-state index contributed by atoms with van der Waals surface area (Å²) in [5, 5.41) is 16.3. The van der Waals surface area contributed by atoms with Gasteiger partial charge in [0.25, 0.3) is 5.91 Å². The minimum atomic E-state index is -1.08. The summed E-state index contributed by atoms with van der Waals surface area (Å²) >= 11 is 1.39. The highest BCUT2D eigenvalue weighted by Crippen LogP contribution is 2.25. The molecule has 0 aliphatic heterocycles. The number of thioether (sulfide) groups is 1. The molecule has 4 aromatic carbocycles. The van der Waals surface area contributed by atoms with Crippen LogP contribution in [0, 0.1) is 6.92 Å². The molecular formula is C27H22N2O4S. The fraction of sp³-hybridized carbons (Fsp3) is 0.0741. The Bertz CT molecular complexity index is 1360. The number of nitrogens with one attached hydrogen (secondary N) is 2. The first-order chi connectivity index (χ1) is 16.4. The Morgan fingerprint density at radius 2 is 1.35 bits per heavy atom. The molecule has 0 saturated carbocycles. The number of fused-ring (bicyclic) bond motifs is 1. The molecule has 6 nitrogen and oxygen atoms in total. The van der Waals surface area contributed by atoms with Gasteiger partial charge in [0.15, 0.2) is 0 Å². The topological polar surface area (TPSA) is 95.5 Å². The summed E-state index contributed by atoms with van der Waals surface area (Å²) in [5.41, 5.74) is 2.83. The lowest BCUT2D eigenvalue weighted by molar-refractivity contribution is -0.113. The van der Waals surface area contributed by atoms with Gasteiger partial charge in [-0.15, -0.1) is 11.8 Å². The van der Waals surface area contributed by atoms with Crippen LogP contribution in [0.25, 0.3) is 10.8 Å². The van der Waals surface area contributed by atoms with Crippen molar-refractivity contribution >= 4 is 51.7 Å². The molecule has 0 unspecified atom stereocenters. The molecule has 7 heteroatoms. The van der Waals surface area contributed by atoms with Crippen molar-refractivity contribution in [2.24, 2.45) is 0 Å². The van der Waals surface area contributed by atoms with E-state index in [4.69, 9.17) is 0 Å². The van der Waals surface area contributed by atoms with Crippen LogP contribution >= 0.6 is 11.8 Å². The van der Waals surface area contributed by atoms with Crippen LogP contribution in [0.2, 0.25) is 0 Å². The highest BCUT2D eigenvalue weighted by molar-refractivity contribution is 8.00. The number of benzene rings is 4. The van der Waals surface area contributed by atoms with Crippen LogP contribution in [0.1, 0.15) is 26.3 Å². The summed E-state index contributed by atoms with van der Waals surface area (Å²) in [6.45, 7) is 1.99. The van der Waals surface area contributed by atoms with E-state index in [-0.39, 0.29) is 17.2 Å². The quantitative estimate of drug-likeness (QED) is 0.295. The smallest absolute Gasteiger partial charge is 0.336 e. The van der Waals surface area contributed by atoms with E-state index < -0.39 is 11.9 Å². The van der Waals surface area contributed by atoms with E-state index in [0.29, 0.717) is 22.0 Å². The van der Waals surface area contributed by atoms with Crippen molar-refractivity contribution in [3.05, 3.63) is 102 Å². The molecule has 0 radical (unpaired) electrons. The van der Waals surface area contributed by atoms with Gasteiger partial charge in [-0.05, 0) is 60.8 Å². The minimum Gasteiger partial charge on any atom is -0.478 e. The van der Waals surface area contributed by atoms with Crippen LogP contribution in [-0.2, 0) is 4.79 Å². The third kappa shape index (κ3) is 5.44. The van der Waals surface area contributed by atoms with Gasteiger partial charge in [-0.25, -0.2) is 4.79 Å². The number of carbonyl (C=O) groups excluding carboxylic acids is 2. The monoisotopic (exact) mass is 470 g/mol. The molecule has 0 atom stereocenters. The van der Waals surface area contributed by atoms with Gasteiger partial charge in [0, 0.05) is 27.2 Å². The molecular weight excluding hydrogens is 448 g/mol. The third-order valence-electron chi connectivity index (χ3n) is 5.20. The van der Waals surface area contributed by atoms with Crippen LogP contribution in [0.4, 0.5) is 11.4 Å². The highest BCUT2D eigenvalue weighted by atomic mass is 32.2. The highest BCUT2D eigenvalue weighted by Gasteiger charge is 2.16. The van der Waals surface area contributed by atoms with Gasteiger partial charge in [0.2, 0.25) is 5.91 Å². The van der Waals surface area contributed by atoms with Crippen LogP contribution in [0.15, 0.2) is 89.8 Å². The Kier molecular flexibility index (Phi) is 6.94. The fourth-order valence-corrected chi connectivity index (χ4v) is 4.22. The molecule has 0 fully saturated rings. The number of carboxylic acids is 1. The number of rotatable bonds is 7. The summed E-state index contributed by atoms with van der Waals surface area (Å²) in [4.78, 5) is 37.7. The van der Waals surface area contributed by atoms with Gasteiger partial charge in [-0.3, -0.25) is 9.59 Å². The maximum atomic E-state index is 12.9. The molecule has 4 rings (SSSR count). The summed E-state index contributed by atoms with van der Waals surface area (Å²) in [5.74, 6) is -1.32. The Labute approximate surface area is 201 Å². The number of aromatic carboxylic acids is 1. The van der Waals surface area contributed by atoms with E-state index in [0.717, 1.165) is 16.1 Å². The molecule has 0 aromatic heterocycles. The molecule has 0 spiro atoms. The van der Waals surface area contributed by atoms with Gasteiger partial charge in [0.05, 0.1) is 11.3 Å². The Morgan fingerprint density at radius 1 is 0.765 bits per heavy atom. The Hall–Kier alpha value is -4.10. The number of aryl methyl sites for hydroxylation is 1. The summed E-state index contributed by atoms with van der Waals surface area (Å²) in [6, 6.07) is 24.8. The first-order valence-electron chi connectivity index (χ1n) is 10.6. The van der Waals surface area contributed by atoms with Crippen molar-refractivity contribution in [2.45, 2.75) is 11.8 Å². The zero-order chi connectivity index (χ0) is 24.1. The molecule has 0 aliphatic carbocycles. The first kappa shape index (κ1) is 23.1. The predicted octanol–water partition coefficient (Wildman–Crippen LogP) is 5.83. The van der Waals surface area contributed by atoms with Crippen molar-refractivity contribution in [1.29, 1.82) is 0 Å². The standard InChI is InChI=1S/C27H22N2O4S/c1-17-8-10-19(11-9-17)28-24(30)16-34-21-14-12-20(13-15-21)29-26(31)22-6-2-4-18-5-3-7-23(25(18)22)27(32)33/h2-15H,16H2,1H3,(H,28,30)(H,29,31)(H,32,33). The molecule has 0 aliphatic rings. The van der Waals surface area contributed by atoms with Crippen molar-refractivity contribution < 1.29 is 19.5 Å². The third-order valence-corrected chi connectivity index (χ3v) is 6.21. The van der Waals surface area contributed by atoms with E-state index in [2.05, 4.69) is 10.6 Å². The van der Waals surface area contributed by atoms with E-state index in [1.165, 1.54) is 17.8 Å². The van der Waals surface area contributed by atoms with Gasteiger partial charge in [0.1, 0.15) is 0 Å². The van der Waals surface area contributed by atoms with Gasteiger partial charge < -0.3 is 15.7 Å². The predicted molar refractivity (Wildman–Crippen MR) is 136 cm³/mol. The molecule has 3 N–H and O–H groups in total.